The van der Waals surface area contributed by atoms with Crippen molar-refractivity contribution in [3.8, 4) is 0 Å². The average molecular weight is 264 g/mol. The maximum Gasteiger partial charge on any atom is 0.251 e. The number of nitrogens with one attached hydrogen (secondary N) is 2. The summed E-state index contributed by atoms with van der Waals surface area (Å²) in [6, 6.07) is 3.19. The largest absolute Gasteiger partial charge is 0.384 e. The summed E-state index contributed by atoms with van der Waals surface area (Å²) in [4.78, 5) is 27.3. The molecule has 4 N–H and O–H groups in total. The van der Waals surface area contributed by atoms with Crippen LogP contribution in [0.3, 0.4) is 0 Å². The van der Waals surface area contributed by atoms with Gasteiger partial charge in [-0.1, -0.05) is 13.8 Å². The first-order chi connectivity index (χ1) is 8.93. The molecular formula is C13H20N4O2. The molecule has 19 heavy (non-hydrogen) atoms. The molecule has 1 rings (SSSR count). The topological polar surface area (TPSA) is 97.1 Å². The Kier molecular flexibility index (Phi) is 5.29. The number of rotatable bonds is 5. The maximum atomic E-state index is 11.9. The van der Waals surface area contributed by atoms with E-state index < -0.39 is 0 Å². The molecule has 0 aliphatic rings. The van der Waals surface area contributed by atoms with Gasteiger partial charge in [0.25, 0.3) is 5.91 Å². The third-order valence-electron chi connectivity index (χ3n) is 2.50. The molecule has 1 aromatic rings. The highest BCUT2D eigenvalue weighted by Gasteiger charge is 2.11. The SMILES string of the molecule is CCNC(=O)CNC(=O)c1cc(N)nc(C(C)C)c1. The zero-order valence-electron chi connectivity index (χ0n) is 11.5. The zero-order chi connectivity index (χ0) is 14.4. The Balaban J connectivity index is 2.74. The molecule has 1 heterocycles. The first kappa shape index (κ1) is 14.9. The molecule has 0 fully saturated rings. The summed E-state index contributed by atoms with van der Waals surface area (Å²) in [5.41, 5.74) is 6.84. The molecule has 6 heteroatoms. The Morgan fingerprint density at radius 2 is 2.00 bits per heavy atom. The van der Waals surface area contributed by atoms with Crippen molar-refractivity contribution in [3.05, 3.63) is 23.4 Å². The first-order valence-electron chi connectivity index (χ1n) is 6.26. The van der Waals surface area contributed by atoms with Crippen LogP contribution in [0, 0.1) is 0 Å². The average Bonchev–Trinajstić information content (AvgIpc) is 2.35. The van der Waals surface area contributed by atoms with Crippen molar-refractivity contribution >= 4 is 17.6 Å². The summed E-state index contributed by atoms with van der Waals surface area (Å²) in [5.74, 6) is -0.0722. The number of amides is 2. The lowest BCUT2D eigenvalue weighted by atomic mass is 10.1. The van der Waals surface area contributed by atoms with Crippen molar-refractivity contribution in [1.82, 2.24) is 15.6 Å². The minimum Gasteiger partial charge on any atom is -0.384 e. The number of nitrogens with two attached hydrogens (primary N) is 1. The predicted molar refractivity (Wildman–Crippen MR) is 73.8 cm³/mol. The van der Waals surface area contributed by atoms with Crippen molar-refractivity contribution in [1.29, 1.82) is 0 Å². The number of likely N-dealkylation sites (N-methyl/N-ethyl adjacent to an activating group) is 1. The standard InChI is InChI=1S/C13H20N4O2/c1-4-15-12(18)7-16-13(19)9-5-10(8(2)3)17-11(14)6-9/h5-6,8H,4,7H2,1-3H3,(H2,14,17)(H,15,18)(H,16,19). The maximum absolute atomic E-state index is 11.9. The van der Waals surface area contributed by atoms with Gasteiger partial charge < -0.3 is 16.4 Å². The summed E-state index contributed by atoms with van der Waals surface area (Å²) < 4.78 is 0. The van der Waals surface area contributed by atoms with Gasteiger partial charge in [0.15, 0.2) is 0 Å². The Hall–Kier alpha value is -2.11. The van der Waals surface area contributed by atoms with Crippen molar-refractivity contribution in [2.75, 3.05) is 18.8 Å². The highest BCUT2D eigenvalue weighted by molar-refractivity contribution is 5.97. The van der Waals surface area contributed by atoms with E-state index in [1.165, 1.54) is 6.07 Å². The molecule has 1 aromatic heterocycles. The molecule has 104 valence electrons. The first-order valence-corrected chi connectivity index (χ1v) is 6.26. The second-order valence-electron chi connectivity index (χ2n) is 4.50. The Morgan fingerprint density at radius 3 is 2.58 bits per heavy atom. The molecule has 0 aromatic carbocycles. The quantitative estimate of drug-likeness (QED) is 0.727. The van der Waals surface area contributed by atoms with Crippen LogP contribution in [0.4, 0.5) is 5.82 Å². The van der Waals surface area contributed by atoms with E-state index in [1.807, 2.05) is 20.8 Å². The van der Waals surface area contributed by atoms with Gasteiger partial charge >= 0.3 is 0 Å². The molecule has 0 saturated carbocycles. The fourth-order valence-electron chi connectivity index (χ4n) is 1.52. The van der Waals surface area contributed by atoms with Gasteiger partial charge in [0, 0.05) is 17.8 Å². The Labute approximate surface area is 112 Å². The van der Waals surface area contributed by atoms with E-state index in [4.69, 9.17) is 5.73 Å². The number of hydrogen-bond donors (Lipinski definition) is 3. The highest BCUT2D eigenvalue weighted by atomic mass is 16.2. The van der Waals surface area contributed by atoms with Crippen LogP contribution in [0.25, 0.3) is 0 Å². The number of carbonyl (C=O) groups excluding carboxylic acids is 2. The molecule has 0 radical (unpaired) electrons. The predicted octanol–water partition coefficient (Wildman–Crippen LogP) is 0.653. The molecule has 2 amide bonds. The number of nitrogen functional groups attached to an aromatic ring is 1. The van der Waals surface area contributed by atoms with Crippen LogP contribution in [0.2, 0.25) is 0 Å². The number of nitrogens with zero attached hydrogens (tertiary/aromatic N) is 1. The van der Waals surface area contributed by atoms with E-state index in [0.29, 0.717) is 17.9 Å². The number of anilines is 1. The van der Waals surface area contributed by atoms with Crippen molar-refractivity contribution in [2.24, 2.45) is 0 Å². The fraction of sp³-hybridized carbons (Fsp3) is 0.462. The Morgan fingerprint density at radius 1 is 1.32 bits per heavy atom. The minimum absolute atomic E-state index is 0.0497. The van der Waals surface area contributed by atoms with Crippen molar-refractivity contribution in [3.63, 3.8) is 0 Å². The minimum atomic E-state index is -0.331. The lowest BCUT2D eigenvalue weighted by molar-refractivity contribution is -0.120. The van der Waals surface area contributed by atoms with E-state index >= 15 is 0 Å². The van der Waals surface area contributed by atoms with E-state index in [-0.39, 0.29) is 24.3 Å². The molecule has 0 aliphatic heterocycles. The van der Waals surface area contributed by atoms with Crippen LogP contribution in [0.5, 0.6) is 0 Å². The van der Waals surface area contributed by atoms with Crippen LogP contribution in [0.15, 0.2) is 12.1 Å². The van der Waals surface area contributed by atoms with Gasteiger partial charge in [-0.2, -0.15) is 0 Å². The molecule has 6 nitrogen and oxygen atoms in total. The number of pyridine rings is 1. The highest BCUT2D eigenvalue weighted by Crippen LogP contribution is 2.15. The third kappa shape index (κ3) is 4.57. The smallest absolute Gasteiger partial charge is 0.251 e. The fourth-order valence-corrected chi connectivity index (χ4v) is 1.52. The van der Waals surface area contributed by atoms with E-state index in [9.17, 15) is 9.59 Å². The summed E-state index contributed by atoms with van der Waals surface area (Å²) in [6.07, 6.45) is 0. The normalized spacial score (nSPS) is 10.3. The van der Waals surface area contributed by atoms with Crippen molar-refractivity contribution < 1.29 is 9.59 Å². The lowest BCUT2D eigenvalue weighted by Crippen LogP contribution is -2.36. The zero-order valence-corrected chi connectivity index (χ0v) is 11.5. The molecule has 0 saturated heterocycles. The van der Waals surface area contributed by atoms with E-state index in [2.05, 4.69) is 15.6 Å². The third-order valence-corrected chi connectivity index (χ3v) is 2.50. The molecule has 0 spiro atoms. The van der Waals surface area contributed by atoms with Gasteiger partial charge in [0.1, 0.15) is 5.82 Å². The van der Waals surface area contributed by atoms with E-state index in [0.717, 1.165) is 5.69 Å². The van der Waals surface area contributed by atoms with Crippen molar-refractivity contribution in [2.45, 2.75) is 26.7 Å². The van der Waals surface area contributed by atoms with Gasteiger partial charge in [-0.15, -0.1) is 0 Å². The second kappa shape index (κ2) is 6.72. The summed E-state index contributed by atoms with van der Waals surface area (Å²) in [6.45, 7) is 6.24. The number of aromatic nitrogens is 1. The number of hydrogen-bond acceptors (Lipinski definition) is 4. The molecular weight excluding hydrogens is 244 g/mol. The van der Waals surface area contributed by atoms with Gasteiger partial charge in [-0.25, -0.2) is 4.98 Å². The van der Waals surface area contributed by atoms with Crippen LogP contribution in [0.1, 0.15) is 42.7 Å². The molecule has 0 aliphatic carbocycles. The van der Waals surface area contributed by atoms with Crippen LogP contribution in [-0.2, 0) is 4.79 Å². The summed E-state index contributed by atoms with van der Waals surface area (Å²) in [5, 5.41) is 5.15. The second-order valence-corrected chi connectivity index (χ2v) is 4.50. The lowest BCUT2D eigenvalue weighted by Gasteiger charge is -2.09. The van der Waals surface area contributed by atoms with Gasteiger partial charge in [-0.3, -0.25) is 9.59 Å². The molecule has 0 atom stereocenters. The molecule has 0 bridgehead atoms. The van der Waals surface area contributed by atoms with Gasteiger partial charge in [-0.05, 0) is 25.0 Å². The Bertz CT molecular complexity index is 472. The monoisotopic (exact) mass is 264 g/mol. The van der Waals surface area contributed by atoms with Crippen LogP contribution >= 0.6 is 0 Å². The van der Waals surface area contributed by atoms with Crippen LogP contribution < -0.4 is 16.4 Å². The van der Waals surface area contributed by atoms with E-state index in [1.54, 1.807) is 6.07 Å². The summed E-state index contributed by atoms with van der Waals surface area (Å²) in [7, 11) is 0. The van der Waals surface area contributed by atoms with Gasteiger partial charge in [0.05, 0.1) is 6.54 Å². The number of carbonyl (C=O) groups is 2. The van der Waals surface area contributed by atoms with Gasteiger partial charge in [0.2, 0.25) is 5.91 Å². The van der Waals surface area contributed by atoms with Crippen LogP contribution in [-0.4, -0.2) is 29.9 Å². The molecule has 0 unspecified atom stereocenters. The summed E-state index contributed by atoms with van der Waals surface area (Å²) >= 11 is 0.